The zero-order valence-corrected chi connectivity index (χ0v) is 13.1. The minimum absolute atomic E-state index is 0.440. The number of hydrogen-bond donors (Lipinski definition) is 4. The molecule has 3 heterocycles. The molecule has 1 fully saturated rings. The number of hydrazine groups is 2. The van der Waals surface area contributed by atoms with Gasteiger partial charge in [-0.15, -0.1) is 5.53 Å². The highest BCUT2D eigenvalue weighted by Crippen LogP contribution is 2.27. The van der Waals surface area contributed by atoms with Gasteiger partial charge in [-0.3, -0.25) is 5.01 Å². The van der Waals surface area contributed by atoms with Crippen molar-refractivity contribution in [1.82, 2.24) is 26.3 Å². The summed E-state index contributed by atoms with van der Waals surface area (Å²) in [5.41, 5.74) is 15.2. The van der Waals surface area contributed by atoms with Gasteiger partial charge in [0.15, 0.2) is 11.6 Å². The number of nitrogens with zero attached hydrogens (tertiary/aromatic N) is 2. The molecule has 1 aromatic rings. The molecule has 0 saturated carbocycles. The molecule has 0 unspecified atom stereocenters. The largest absolute Gasteiger partial charge is 0.489 e. The number of nitrogen functional groups attached to an aromatic ring is 1. The van der Waals surface area contributed by atoms with E-state index in [4.69, 9.17) is 10.5 Å². The number of allylic oxidation sites excluding steroid dienone is 1. The van der Waals surface area contributed by atoms with Gasteiger partial charge in [-0.1, -0.05) is 0 Å². The number of aromatic nitrogens is 1. The van der Waals surface area contributed by atoms with Gasteiger partial charge in [-0.05, 0) is 44.8 Å². The monoisotopic (exact) mass is 304 g/mol. The van der Waals surface area contributed by atoms with Crippen molar-refractivity contribution in [2.75, 3.05) is 32.5 Å². The molecule has 0 bridgehead atoms. The third-order valence-corrected chi connectivity index (χ3v) is 4.32. The Labute approximate surface area is 130 Å². The zero-order valence-electron chi connectivity index (χ0n) is 13.1. The van der Waals surface area contributed by atoms with Gasteiger partial charge in [0, 0.05) is 18.8 Å². The number of piperidine rings is 1. The summed E-state index contributed by atoms with van der Waals surface area (Å²) in [6, 6.07) is 1.95. The van der Waals surface area contributed by atoms with Crippen LogP contribution in [0.25, 0.3) is 5.70 Å². The van der Waals surface area contributed by atoms with Crippen LogP contribution >= 0.6 is 0 Å². The van der Waals surface area contributed by atoms with Crippen LogP contribution in [0.1, 0.15) is 25.3 Å². The average molecular weight is 304 g/mol. The fraction of sp³-hybridized carbons (Fsp3) is 0.533. The molecule has 7 heteroatoms. The molecule has 2 aliphatic rings. The fourth-order valence-electron chi connectivity index (χ4n) is 2.73. The molecule has 0 amide bonds. The predicted octanol–water partition coefficient (Wildman–Crippen LogP) is 0.685. The van der Waals surface area contributed by atoms with Gasteiger partial charge in [0.2, 0.25) is 0 Å². The summed E-state index contributed by atoms with van der Waals surface area (Å²) in [7, 11) is 1.95. The van der Waals surface area contributed by atoms with Crippen LogP contribution in [0.3, 0.4) is 0 Å². The van der Waals surface area contributed by atoms with Crippen LogP contribution in [0, 0.1) is 5.92 Å². The lowest BCUT2D eigenvalue weighted by molar-refractivity contribution is 0.215. The topological polar surface area (TPSA) is 87.5 Å². The SMILES string of the molecule is CC1=C(c2cnc(N)c(OCC3CCNCC3)c2)NNN1C. The summed E-state index contributed by atoms with van der Waals surface area (Å²) < 4.78 is 5.94. The van der Waals surface area contributed by atoms with Crippen LogP contribution in [0.4, 0.5) is 5.82 Å². The quantitative estimate of drug-likeness (QED) is 0.651. The summed E-state index contributed by atoms with van der Waals surface area (Å²) >= 11 is 0. The van der Waals surface area contributed by atoms with Gasteiger partial charge in [0.05, 0.1) is 18.0 Å². The third kappa shape index (κ3) is 3.10. The summed E-state index contributed by atoms with van der Waals surface area (Å²) in [6.07, 6.45) is 4.06. The highest BCUT2D eigenvalue weighted by molar-refractivity contribution is 5.69. The van der Waals surface area contributed by atoms with Crippen LogP contribution in [0.15, 0.2) is 18.0 Å². The van der Waals surface area contributed by atoms with E-state index in [1.165, 1.54) is 0 Å². The first-order valence-electron chi connectivity index (χ1n) is 7.71. The van der Waals surface area contributed by atoms with Crippen molar-refractivity contribution >= 4 is 11.5 Å². The van der Waals surface area contributed by atoms with Crippen LogP contribution in [-0.4, -0.2) is 36.7 Å². The van der Waals surface area contributed by atoms with E-state index in [0.29, 0.717) is 24.1 Å². The molecule has 0 atom stereocenters. The molecular formula is C15H24N6O. The number of pyridine rings is 1. The van der Waals surface area contributed by atoms with Crippen molar-refractivity contribution in [3.05, 3.63) is 23.5 Å². The van der Waals surface area contributed by atoms with E-state index in [-0.39, 0.29) is 0 Å². The van der Waals surface area contributed by atoms with E-state index < -0.39 is 0 Å². The van der Waals surface area contributed by atoms with Crippen LogP contribution in [0.5, 0.6) is 5.75 Å². The number of anilines is 1. The second-order valence-corrected chi connectivity index (χ2v) is 5.87. The first kappa shape index (κ1) is 14.9. The molecule has 5 N–H and O–H groups in total. The standard InChI is InChI=1S/C15H24N6O/c1-10-14(19-20-21(10)2)12-7-13(15(16)18-8-12)22-9-11-3-5-17-6-4-11/h7-8,11,17,19-20H,3-6,9H2,1-2H3,(H2,16,18). The second-order valence-electron chi connectivity index (χ2n) is 5.87. The smallest absolute Gasteiger partial charge is 0.166 e. The van der Waals surface area contributed by atoms with Crippen molar-refractivity contribution in [3.8, 4) is 5.75 Å². The van der Waals surface area contributed by atoms with Crippen molar-refractivity contribution in [1.29, 1.82) is 0 Å². The number of hydrogen-bond acceptors (Lipinski definition) is 7. The molecule has 3 rings (SSSR count). The minimum Gasteiger partial charge on any atom is -0.489 e. The van der Waals surface area contributed by atoms with E-state index in [1.54, 1.807) is 6.20 Å². The van der Waals surface area contributed by atoms with Gasteiger partial charge < -0.3 is 21.2 Å². The van der Waals surface area contributed by atoms with Crippen molar-refractivity contribution in [3.63, 3.8) is 0 Å². The van der Waals surface area contributed by atoms with Gasteiger partial charge in [-0.25, -0.2) is 4.98 Å². The summed E-state index contributed by atoms with van der Waals surface area (Å²) in [5.74, 6) is 1.69. The molecule has 22 heavy (non-hydrogen) atoms. The van der Waals surface area contributed by atoms with Crippen LogP contribution in [0.2, 0.25) is 0 Å². The van der Waals surface area contributed by atoms with Gasteiger partial charge in [0.25, 0.3) is 0 Å². The van der Waals surface area contributed by atoms with Crippen molar-refractivity contribution in [2.24, 2.45) is 5.92 Å². The summed E-state index contributed by atoms with van der Waals surface area (Å²) in [5, 5.41) is 5.28. The van der Waals surface area contributed by atoms with Crippen molar-refractivity contribution < 1.29 is 4.74 Å². The van der Waals surface area contributed by atoms with Gasteiger partial charge >= 0.3 is 0 Å². The molecule has 1 aromatic heterocycles. The van der Waals surface area contributed by atoms with Gasteiger partial charge in [0.1, 0.15) is 0 Å². The first-order valence-corrected chi connectivity index (χ1v) is 7.71. The molecule has 120 valence electrons. The molecule has 0 radical (unpaired) electrons. The minimum atomic E-state index is 0.440. The fourth-order valence-corrected chi connectivity index (χ4v) is 2.73. The third-order valence-electron chi connectivity index (χ3n) is 4.32. The van der Waals surface area contributed by atoms with E-state index in [0.717, 1.165) is 42.9 Å². The molecule has 0 spiro atoms. The molecule has 1 saturated heterocycles. The number of nitrogens with two attached hydrogens (primary N) is 1. The first-order chi connectivity index (χ1) is 10.6. The lowest BCUT2D eigenvalue weighted by atomic mass is 9.99. The van der Waals surface area contributed by atoms with Crippen molar-refractivity contribution in [2.45, 2.75) is 19.8 Å². The Morgan fingerprint density at radius 1 is 1.41 bits per heavy atom. The molecular weight excluding hydrogens is 280 g/mol. The Kier molecular flexibility index (Phi) is 4.35. The molecule has 7 nitrogen and oxygen atoms in total. The molecule has 0 aromatic carbocycles. The Morgan fingerprint density at radius 3 is 2.86 bits per heavy atom. The Morgan fingerprint density at radius 2 is 2.18 bits per heavy atom. The normalized spacial score (nSPS) is 19.5. The van der Waals surface area contributed by atoms with E-state index in [9.17, 15) is 0 Å². The number of nitrogens with one attached hydrogen (secondary N) is 3. The lowest BCUT2D eigenvalue weighted by Crippen LogP contribution is -2.34. The Balaban J connectivity index is 1.72. The van der Waals surface area contributed by atoms with Crippen LogP contribution < -0.4 is 26.7 Å². The summed E-state index contributed by atoms with van der Waals surface area (Å²) in [4.78, 5) is 4.27. The van der Waals surface area contributed by atoms with E-state index in [2.05, 4.69) is 21.3 Å². The van der Waals surface area contributed by atoms with Gasteiger partial charge in [-0.2, -0.15) is 0 Å². The second kappa shape index (κ2) is 6.41. The van der Waals surface area contributed by atoms with E-state index >= 15 is 0 Å². The number of ether oxygens (including phenoxy) is 1. The van der Waals surface area contributed by atoms with E-state index in [1.807, 2.05) is 25.0 Å². The lowest BCUT2D eigenvalue weighted by Gasteiger charge is -2.23. The molecule has 2 aliphatic heterocycles. The molecule has 0 aliphatic carbocycles. The zero-order chi connectivity index (χ0) is 15.5. The highest BCUT2D eigenvalue weighted by Gasteiger charge is 2.19. The maximum atomic E-state index is 5.95. The highest BCUT2D eigenvalue weighted by atomic mass is 16.5. The number of rotatable bonds is 4. The van der Waals surface area contributed by atoms with Crippen LogP contribution in [-0.2, 0) is 0 Å². The predicted molar refractivity (Wildman–Crippen MR) is 86.4 cm³/mol. The maximum Gasteiger partial charge on any atom is 0.166 e. The Hall–Kier alpha value is -1.99. The maximum absolute atomic E-state index is 5.95. The summed E-state index contributed by atoms with van der Waals surface area (Å²) in [6.45, 7) is 4.86. The Bertz CT molecular complexity index is 567. The average Bonchev–Trinajstić information content (AvgIpc) is 2.87.